The Bertz CT molecular complexity index is 1250. The van der Waals surface area contributed by atoms with Crippen molar-refractivity contribution in [1.29, 1.82) is 0 Å². The molecular formula is C23H19ClN2O6. The standard InChI is InChI=1S/C23H19ClN2O6/c1-12-9-18(25-32-12)26-20(13-5-4-6-15(10-13)30-2)19(22(28)23(26)29)21(27)14-7-8-17(31-3)16(24)11-14/h4-11,20,27H,1-3H3/b21-19+/t20-/m1/s1. The predicted molar refractivity (Wildman–Crippen MR) is 117 cm³/mol. The first-order valence-electron chi connectivity index (χ1n) is 9.58. The van der Waals surface area contributed by atoms with E-state index in [1.54, 1.807) is 49.4 Å². The average molecular weight is 455 g/mol. The van der Waals surface area contributed by atoms with Crippen molar-refractivity contribution < 1.29 is 28.7 Å². The highest BCUT2D eigenvalue weighted by molar-refractivity contribution is 6.51. The number of hydrogen-bond donors (Lipinski definition) is 1. The van der Waals surface area contributed by atoms with Gasteiger partial charge in [-0.3, -0.25) is 14.5 Å². The van der Waals surface area contributed by atoms with Crippen molar-refractivity contribution in [2.45, 2.75) is 13.0 Å². The van der Waals surface area contributed by atoms with E-state index < -0.39 is 17.7 Å². The summed E-state index contributed by atoms with van der Waals surface area (Å²) >= 11 is 6.21. The van der Waals surface area contributed by atoms with E-state index in [0.717, 1.165) is 0 Å². The first kappa shape index (κ1) is 21.5. The molecule has 1 saturated heterocycles. The number of aliphatic hydroxyl groups is 1. The molecule has 1 aromatic heterocycles. The zero-order valence-corrected chi connectivity index (χ0v) is 18.2. The van der Waals surface area contributed by atoms with Crippen molar-refractivity contribution in [3.05, 3.63) is 76.0 Å². The summed E-state index contributed by atoms with van der Waals surface area (Å²) in [7, 11) is 2.98. The Morgan fingerprint density at radius 1 is 1.12 bits per heavy atom. The fourth-order valence-corrected chi connectivity index (χ4v) is 3.89. The zero-order valence-electron chi connectivity index (χ0n) is 17.5. The van der Waals surface area contributed by atoms with E-state index in [0.29, 0.717) is 22.8 Å². The SMILES string of the molecule is COc1cccc([C@@H]2/C(=C(\O)c3ccc(OC)c(Cl)c3)C(=O)C(=O)N2c2cc(C)on2)c1. The summed E-state index contributed by atoms with van der Waals surface area (Å²) < 4.78 is 15.6. The molecule has 0 spiro atoms. The Morgan fingerprint density at radius 3 is 2.53 bits per heavy atom. The number of ether oxygens (including phenoxy) is 2. The summed E-state index contributed by atoms with van der Waals surface area (Å²) in [5, 5.41) is 15.3. The lowest BCUT2D eigenvalue weighted by Crippen LogP contribution is -2.29. The molecule has 2 aromatic carbocycles. The molecule has 3 aromatic rings. The van der Waals surface area contributed by atoms with E-state index in [9.17, 15) is 14.7 Å². The van der Waals surface area contributed by atoms with Gasteiger partial charge in [-0.1, -0.05) is 28.9 Å². The number of anilines is 1. The monoisotopic (exact) mass is 454 g/mol. The lowest BCUT2D eigenvalue weighted by Gasteiger charge is -2.23. The Hall–Kier alpha value is -3.78. The van der Waals surface area contributed by atoms with Gasteiger partial charge in [-0.25, -0.2) is 0 Å². The molecule has 9 heteroatoms. The van der Waals surface area contributed by atoms with E-state index in [4.69, 9.17) is 25.6 Å². The van der Waals surface area contributed by atoms with Gasteiger partial charge in [0.15, 0.2) is 5.82 Å². The molecule has 0 saturated carbocycles. The van der Waals surface area contributed by atoms with Crippen LogP contribution in [-0.4, -0.2) is 36.2 Å². The van der Waals surface area contributed by atoms with Crippen LogP contribution in [0.2, 0.25) is 5.02 Å². The maximum absolute atomic E-state index is 13.1. The van der Waals surface area contributed by atoms with E-state index in [2.05, 4.69) is 5.16 Å². The number of halogens is 1. The number of ketones is 1. The molecule has 0 aliphatic carbocycles. The molecule has 164 valence electrons. The number of aryl methyl sites for hydroxylation is 1. The molecule has 0 bridgehead atoms. The minimum atomic E-state index is -0.963. The van der Waals surface area contributed by atoms with Gasteiger partial charge in [0.25, 0.3) is 5.78 Å². The lowest BCUT2D eigenvalue weighted by atomic mass is 9.95. The normalized spacial score (nSPS) is 17.6. The molecule has 1 amide bonds. The molecule has 1 aliphatic rings. The van der Waals surface area contributed by atoms with Crippen LogP contribution in [0, 0.1) is 6.92 Å². The summed E-state index contributed by atoms with van der Waals surface area (Å²) in [6.07, 6.45) is 0. The third kappa shape index (κ3) is 3.58. The van der Waals surface area contributed by atoms with Gasteiger partial charge in [0, 0.05) is 11.6 Å². The minimum Gasteiger partial charge on any atom is -0.507 e. The van der Waals surface area contributed by atoms with Crippen LogP contribution in [0.15, 0.2) is 58.6 Å². The largest absolute Gasteiger partial charge is 0.507 e. The van der Waals surface area contributed by atoms with E-state index in [1.165, 1.54) is 25.2 Å². The third-order valence-electron chi connectivity index (χ3n) is 5.14. The van der Waals surface area contributed by atoms with Crippen molar-refractivity contribution in [3.63, 3.8) is 0 Å². The van der Waals surface area contributed by atoms with Gasteiger partial charge in [-0.15, -0.1) is 0 Å². The number of benzene rings is 2. The molecule has 2 heterocycles. The number of carbonyl (C=O) groups is 2. The molecule has 8 nitrogen and oxygen atoms in total. The molecule has 0 radical (unpaired) electrons. The number of rotatable bonds is 5. The van der Waals surface area contributed by atoms with Crippen molar-refractivity contribution in [2.24, 2.45) is 0 Å². The van der Waals surface area contributed by atoms with E-state index >= 15 is 0 Å². The smallest absolute Gasteiger partial charge is 0.301 e. The van der Waals surface area contributed by atoms with Crippen LogP contribution in [0.25, 0.3) is 5.76 Å². The Morgan fingerprint density at radius 2 is 1.91 bits per heavy atom. The highest BCUT2D eigenvalue weighted by Crippen LogP contribution is 2.43. The molecule has 0 unspecified atom stereocenters. The predicted octanol–water partition coefficient (Wildman–Crippen LogP) is 4.28. The van der Waals surface area contributed by atoms with E-state index in [-0.39, 0.29) is 27.7 Å². The second-order valence-corrected chi connectivity index (χ2v) is 7.50. The molecule has 4 rings (SSSR count). The first-order chi connectivity index (χ1) is 15.3. The van der Waals surface area contributed by atoms with Crippen LogP contribution in [0.5, 0.6) is 11.5 Å². The fourth-order valence-electron chi connectivity index (χ4n) is 3.63. The zero-order chi connectivity index (χ0) is 23.0. The Labute approximate surface area is 188 Å². The lowest BCUT2D eigenvalue weighted by molar-refractivity contribution is -0.132. The minimum absolute atomic E-state index is 0.106. The van der Waals surface area contributed by atoms with Crippen molar-refractivity contribution in [2.75, 3.05) is 19.1 Å². The number of aromatic nitrogens is 1. The summed E-state index contributed by atoms with van der Waals surface area (Å²) in [6.45, 7) is 1.67. The van der Waals surface area contributed by atoms with Gasteiger partial charge in [0.2, 0.25) is 0 Å². The van der Waals surface area contributed by atoms with Gasteiger partial charge >= 0.3 is 5.91 Å². The fraction of sp³-hybridized carbons (Fsp3) is 0.174. The van der Waals surface area contributed by atoms with Gasteiger partial charge in [-0.05, 0) is 42.8 Å². The maximum atomic E-state index is 13.1. The van der Waals surface area contributed by atoms with Crippen LogP contribution >= 0.6 is 11.6 Å². The van der Waals surface area contributed by atoms with Crippen molar-refractivity contribution >= 4 is 34.9 Å². The number of Topliss-reactive ketones (excluding diaryl/α,β-unsaturated/α-hetero) is 1. The van der Waals surface area contributed by atoms with Crippen LogP contribution in [0.1, 0.15) is 22.9 Å². The average Bonchev–Trinajstić information content (AvgIpc) is 3.33. The van der Waals surface area contributed by atoms with Crippen molar-refractivity contribution in [3.8, 4) is 11.5 Å². The number of carbonyl (C=O) groups excluding carboxylic acids is 2. The number of hydrogen-bond acceptors (Lipinski definition) is 7. The van der Waals surface area contributed by atoms with Gasteiger partial charge < -0.3 is 19.1 Å². The molecule has 1 aliphatic heterocycles. The molecular weight excluding hydrogens is 436 g/mol. The number of amides is 1. The van der Waals surface area contributed by atoms with Crippen LogP contribution in [-0.2, 0) is 9.59 Å². The first-order valence-corrected chi connectivity index (χ1v) is 9.95. The van der Waals surface area contributed by atoms with Gasteiger partial charge in [0.05, 0.1) is 30.9 Å². The number of aliphatic hydroxyl groups excluding tert-OH is 1. The van der Waals surface area contributed by atoms with Crippen molar-refractivity contribution in [1.82, 2.24) is 5.16 Å². The summed E-state index contributed by atoms with van der Waals surface area (Å²) in [6, 6.07) is 12.0. The van der Waals surface area contributed by atoms with Crippen LogP contribution < -0.4 is 14.4 Å². The second kappa shape index (κ2) is 8.39. The summed E-state index contributed by atoms with van der Waals surface area (Å²) in [5.74, 6) is -0.515. The highest BCUT2D eigenvalue weighted by Gasteiger charge is 2.48. The Balaban J connectivity index is 1.94. The van der Waals surface area contributed by atoms with Gasteiger partial charge in [0.1, 0.15) is 23.0 Å². The quantitative estimate of drug-likeness (QED) is 0.348. The van der Waals surface area contributed by atoms with E-state index in [1.807, 2.05) is 0 Å². The summed E-state index contributed by atoms with van der Waals surface area (Å²) in [5.41, 5.74) is 0.702. The topological polar surface area (TPSA) is 102 Å². The molecule has 1 atom stereocenters. The second-order valence-electron chi connectivity index (χ2n) is 7.09. The molecule has 1 N–H and O–H groups in total. The Kier molecular flexibility index (Phi) is 5.63. The third-order valence-corrected chi connectivity index (χ3v) is 5.44. The number of methoxy groups -OCH3 is 2. The molecule has 32 heavy (non-hydrogen) atoms. The maximum Gasteiger partial charge on any atom is 0.301 e. The van der Waals surface area contributed by atoms with Crippen LogP contribution in [0.4, 0.5) is 5.82 Å². The highest BCUT2D eigenvalue weighted by atomic mass is 35.5. The number of nitrogens with zero attached hydrogens (tertiary/aromatic N) is 2. The summed E-state index contributed by atoms with van der Waals surface area (Å²) in [4.78, 5) is 27.3. The van der Waals surface area contributed by atoms with Gasteiger partial charge in [-0.2, -0.15) is 0 Å². The van der Waals surface area contributed by atoms with Crippen LogP contribution in [0.3, 0.4) is 0 Å². The molecule has 1 fully saturated rings.